The molecule has 1 aromatic heterocycles. The molecule has 3 rings (SSSR count). The van der Waals surface area contributed by atoms with Gasteiger partial charge in [0.2, 0.25) is 5.95 Å². The number of hydrogen-bond acceptors (Lipinski definition) is 5. The number of nitrogens with zero attached hydrogens (tertiary/aromatic N) is 2. The number of methoxy groups -OCH3 is 1. The SMILES string of the molecule is COc1cccc(Nc2nc(C)cc(C(=O)Nc3cc(C)cc(C)c3)n2)c1. The van der Waals surface area contributed by atoms with E-state index < -0.39 is 0 Å². The van der Waals surface area contributed by atoms with Gasteiger partial charge in [0, 0.05) is 23.1 Å². The van der Waals surface area contributed by atoms with Crippen molar-refractivity contribution in [2.75, 3.05) is 17.7 Å². The number of aryl methyl sites for hydroxylation is 3. The van der Waals surface area contributed by atoms with Crippen LogP contribution in [0, 0.1) is 20.8 Å². The highest BCUT2D eigenvalue weighted by molar-refractivity contribution is 6.03. The van der Waals surface area contributed by atoms with Crippen molar-refractivity contribution in [2.45, 2.75) is 20.8 Å². The van der Waals surface area contributed by atoms with E-state index in [1.165, 1.54) is 0 Å². The predicted octanol–water partition coefficient (Wildman–Crippen LogP) is 4.41. The number of carbonyl (C=O) groups is 1. The Hall–Kier alpha value is -3.41. The second-order valence-electron chi connectivity index (χ2n) is 6.41. The first-order chi connectivity index (χ1) is 12.9. The lowest BCUT2D eigenvalue weighted by Gasteiger charge is -2.10. The first kappa shape index (κ1) is 18.4. The number of carbonyl (C=O) groups excluding carboxylic acids is 1. The maximum absolute atomic E-state index is 12.6. The Kier molecular flexibility index (Phi) is 5.35. The number of amides is 1. The van der Waals surface area contributed by atoms with Crippen LogP contribution in [0.25, 0.3) is 0 Å². The van der Waals surface area contributed by atoms with Crippen LogP contribution in [0.2, 0.25) is 0 Å². The Balaban J connectivity index is 1.82. The third kappa shape index (κ3) is 4.82. The monoisotopic (exact) mass is 362 g/mol. The second-order valence-corrected chi connectivity index (χ2v) is 6.41. The Bertz CT molecular complexity index is 965. The quantitative estimate of drug-likeness (QED) is 0.703. The molecule has 0 saturated carbocycles. The average Bonchev–Trinajstić information content (AvgIpc) is 2.60. The normalized spacial score (nSPS) is 10.4. The third-order valence-corrected chi connectivity index (χ3v) is 3.89. The molecule has 0 aliphatic rings. The lowest BCUT2D eigenvalue weighted by molar-refractivity contribution is 0.102. The summed E-state index contributed by atoms with van der Waals surface area (Å²) in [5.41, 5.74) is 4.69. The standard InChI is InChI=1S/C21H22N4O2/c1-13-8-14(2)10-17(9-13)23-20(26)19-11-15(3)22-21(25-19)24-16-6-5-7-18(12-16)27-4/h5-12H,1-4H3,(H,23,26)(H,22,24,25). The number of benzene rings is 2. The minimum Gasteiger partial charge on any atom is -0.497 e. The van der Waals surface area contributed by atoms with Crippen LogP contribution in [0.1, 0.15) is 27.3 Å². The maximum atomic E-state index is 12.6. The summed E-state index contributed by atoms with van der Waals surface area (Å²) >= 11 is 0. The molecule has 0 saturated heterocycles. The minimum atomic E-state index is -0.279. The van der Waals surface area contributed by atoms with Gasteiger partial charge in [0.25, 0.3) is 5.91 Å². The van der Waals surface area contributed by atoms with Crippen molar-refractivity contribution >= 4 is 23.2 Å². The molecule has 2 N–H and O–H groups in total. The molecule has 6 nitrogen and oxygen atoms in total. The molecule has 0 bridgehead atoms. The van der Waals surface area contributed by atoms with Gasteiger partial charge < -0.3 is 15.4 Å². The number of hydrogen-bond donors (Lipinski definition) is 2. The van der Waals surface area contributed by atoms with Crippen molar-refractivity contribution in [3.8, 4) is 5.75 Å². The van der Waals surface area contributed by atoms with Crippen molar-refractivity contribution in [3.63, 3.8) is 0 Å². The van der Waals surface area contributed by atoms with Crippen molar-refractivity contribution in [1.29, 1.82) is 0 Å². The summed E-state index contributed by atoms with van der Waals surface area (Å²) in [4.78, 5) is 21.4. The highest BCUT2D eigenvalue weighted by atomic mass is 16.5. The fourth-order valence-corrected chi connectivity index (χ4v) is 2.81. The zero-order chi connectivity index (χ0) is 19.4. The van der Waals surface area contributed by atoms with Gasteiger partial charge in [-0.2, -0.15) is 0 Å². The zero-order valence-electron chi connectivity index (χ0n) is 15.8. The van der Waals surface area contributed by atoms with Gasteiger partial charge in [0.1, 0.15) is 11.4 Å². The Morgan fingerprint density at radius 3 is 2.37 bits per heavy atom. The number of rotatable bonds is 5. The summed E-state index contributed by atoms with van der Waals surface area (Å²) in [6.45, 7) is 5.81. The summed E-state index contributed by atoms with van der Waals surface area (Å²) < 4.78 is 5.22. The van der Waals surface area contributed by atoms with Gasteiger partial charge in [-0.3, -0.25) is 4.79 Å². The van der Waals surface area contributed by atoms with Gasteiger partial charge >= 0.3 is 0 Å². The summed E-state index contributed by atoms with van der Waals surface area (Å²) in [5, 5.41) is 6.01. The first-order valence-electron chi connectivity index (χ1n) is 8.59. The molecule has 0 radical (unpaired) electrons. The molecule has 1 heterocycles. The summed E-state index contributed by atoms with van der Waals surface area (Å²) in [7, 11) is 1.61. The summed E-state index contributed by atoms with van der Waals surface area (Å²) in [5.74, 6) is 0.799. The molecule has 0 aliphatic heterocycles. The fraction of sp³-hybridized carbons (Fsp3) is 0.190. The lowest BCUT2D eigenvalue weighted by Crippen LogP contribution is -2.15. The van der Waals surface area contributed by atoms with Crippen LogP contribution < -0.4 is 15.4 Å². The first-order valence-corrected chi connectivity index (χ1v) is 8.59. The van der Waals surface area contributed by atoms with Crippen LogP contribution in [-0.2, 0) is 0 Å². The molecule has 6 heteroatoms. The van der Waals surface area contributed by atoms with E-state index in [1.54, 1.807) is 13.2 Å². The molecule has 0 unspecified atom stereocenters. The molecule has 3 aromatic rings. The van der Waals surface area contributed by atoms with E-state index in [4.69, 9.17) is 4.74 Å². The maximum Gasteiger partial charge on any atom is 0.274 e. The number of nitrogens with one attached hydrogen (secondary N) is 2. The molecule has 0 fully saturated rings. The van der Waals surface area contributed by atoms with E-state index in [0.29, 0.717) is 17.3 Å². The molecular weight excluding hydrogens is 340 g/mol. The van der Waals surface area contributed by atoms with Gasteiger partial charge in [-0.05, 0) is 62.2 Å². The molecule has 2 aromatic carbocycles. The van der Waals surface area contributed by atoms with E-state index in [-0.39, 0.29) is 5.91 Å². The van der Waals surface area contributed by atoms with Gasteiger partial charge in [-0.15, -0.1) is 0 Å². The smallest absolute Gasteiger partial charge is 0.274 e. The number of anilines is 3. The Morgan fingerprint density at radius 2 is 1.67 bits per heavy atom. The molecule has 1 amide bonds. The van der Waals surface area contributed by atoms with Crippen molar-refractivity contribution in [2.24, 2.45) is 0 Å². The molecule has 138 valence electrons. The largest absolute Gasteiger partial charge is 0.497 e. The molecule has 27 heavy (non-hydrogen) atoms. The van der Waals surface area contributed by atoms with Crippen molar-refractivity contribution in [1.82, 2.24) is 9.97 Å². The van der Waals surface area contributed by atoms with Crippen LogP contribution in [-0.4, -0.2) is 23.0 Å². The van der Waals surface area contributed by atoms with Crippen molar-refractivity contribution < 1.29 is 9.53 Å². The molecule has 0 atom stereocenters. The predicted molar refractivity (Wildman–Crippen MR) is 107 cm³/mol. The van der Waals surface area contributed by atoms with Crippen molar-refractivity contribution in [3.05, 3.63) is 71.0 Å². The average molecular weight is 362 g/mol. The zero-order valence-corrected chi connectivity index (χ0v) is 15.8. The Morgan fingerprint density at radius 1 is 0.926 bits per heavy atom. The third-order valence-electron chi connectivity index (χ3n) is 3.89. The Labute approximate surface area is 158 Å². The number of ether oxygens (including phenoxy) is 1. The van der Waals surface area contributed by atoms with E-state index >= 15 is 0 Å². The highest BCUT2D eigenvalue weighted by Gasteiger charge is 2.12. The van der Waals surface area contributed by atoms with E-state index in [0.717, 1.165) is 28.3 Å². The van der Waals surface area contributed by atoms with Gasteiger partial charge in [0.15, 0.2) is 0 Å². The molecular formula is C21H22N4O2. The van der Waals surface area contributed by atoms with Crippen LogP contribution >= 0.6 is 0 Å². The van der Waals surface area contributed by atoms with Crippen LogP contribution in [0.4, 0.5) is 17.3 Å². The van der Waals surface area contributed by atoms with Gasteiger partial charge in [0.05, 0.1) is 7.11 Å². The van der Waals surface area contributed by atoms with Crippen LogP contribution in [0.5, 0.6) is 5.75 Å². The highest BCUT2D eigenvalue weighted by Crippen LogP contribution is 2.20. The van der Waals surface area contributed by atoms with Crippen LogP contribution in [0.3, 0.4) is 0 Å². The topological polar surface area (TPSA) is 76.1 Å². The van der Waals surface area contributed by atoms with E-state index in [2.05, 4.69) is 26.7 Å². The summed E-state index contributed by atoms with van der Waals surface area (Å²) in [6, 6.07) is 15.0. The van der Waals surface area contributed by atoms with E-state index in [9.17, 15) is 4.79 Å². The second kappa shape index (κ2) is 7.86. The fourth-order valence-electron chi connectivity index (χ4n) is 2.81. The van der Waals surface area contributed by atoms with E-state index in [1.807, 2.05) is 57.2 Å². The lowest BCUT2D eigenvalue weighted by atomic mass is 10.1. The summed E-state index contributed by atoms with van der Waals surface area (Å²) in [6.07, 6.45) is 0. The van der Waals surface area contributed by atoms with Crippen LogP contribution in [0.15, 0.2) is 48.5 Å². The molecule has 0 spiro atoms. The van der Waals surface area contributed by atoms with Gasteiger partial charge in [-0.25, -0.2) is 9.97 Å². The minimum absolute atomic E-state index is 0.279. The van der Waals surface area contributed by atoms with Gasteiger partial charge in [-0.1, -0.05) is 12.1 Å². The molecule has 0 aliphatic carbocycles. The number of aromatic nitrogens is 2.